The third-order valence-corrected chi connectivity index (χ3v) is 5.84. The molecule has 150 valence electrons. The van der Waals surface area contributed by atoms with Crippen molar-refractivity contribution in [2.75, 3.05) is 20.2 Å². The van der Waals surface area contributed by atoms with Crippen molar-refractivity contribution in [3.8, 4) is 22.8 Å². The zero-order valence-corrected chi connectivity index (χ0v) is 16.3. The Morgan fingerprint density at radius 1 is 1.21 bits per heavy atom. The summed E-state index contributed by atoms with van der Waals surface area (Å²) in [5.41, 5.74) is 3.42. The van der Waals surface area contributed by atoms with Crippen LogP contribution in [0.15, 0.2) is 30.5 Å². The number of ether oxygens (including phenoxy) is 2. The highest BCUT2D eigenvalue weighted by atomic mass is 16.5. The highest BCUT2D eigenvalue weighted by Crippen LogP contribution is 2.36. The lowest BCUT2D eigenvalue weighted by Gasteiger charge is -2.18. The molecule has 1 aromatic carbocycles. The van der Waals surface area contributed by atoms with Crippen LogP contribution in [0.4, 0.5) is 0 Å². The number of amides is 2. The quantitative estimate of drug-likeness (QED) is 0.844. The number of pyridine rings is 1. The van der Waals surface area contributed by atoms with Gasteiger partial charge in [-0.2, -0.15) is 0 Å². The van der Waals surface area contributed by atoms with Crippen LogP contribution in [0, 0.1) is 5.92 Å². The van der Waals surface area contributed by atoms with Crippen molar-refractivity contribution in [2.24, 2.45) is 5.92 Å². The Labute approximate surface area is 169 Å². The van der Waals surface area contributed by atoms with Crippen molar-refractivity contribution in [1.82, 2.24) is 15.2 Å². The van der Waals surface area contributed by atoms with Gasteiger partial charge in [0.05, 0.1) is 13.7 Å². The molecular weight excluding hydrogens is 370 g/mol. The maximum Gasteiger partial charge on any atom is 0.252 e. The van der Waals surface area contributed by atoms with Gasteiger partial charge in [0, 0.05) is 48.8 Å². The van der Waals surface area contributed by atoms with Gasteiger partial charge in [-0.05, 0) is 42.2 Å². The van der Waals surface area contributed by atoms with E-state index in [4.69, 9.17) is 9.47 Å². The van der Waals surface area contributed by atoms with Gasteiger partial charge >= 0.3 is 0 Å². The van der Waals surface area contributed by atoms with E-state index in [1.165, 1.54) is 0 Å². The predicted octanol–water partition coefficient (Wildman–Crippen LogP) is 2.39. The van der Waals surface area contributed by atoms with Gasteiger partial charge in [0.2, 0.25) is 11.8 Å². The number of carbonyl (C=O) groups excluding carboxylic acids is 2. The standard InChI is InChI=1S/C22H23N3O4/c1-28-20-5-4-14(10-23-20)17-8-16(9-18-19(17)11-24-21(18)26)29-15-6-7-25(12-15)22(27)13-2-3-13/h4-5,8-10,13,15H,2-3,6-7,11-12H2,1H3,(H,24,26)/t15-/m1/s1. The summed E-state index contributed by atoms with van der Waals surface area (Å²) in [4.78, 5) is 30.8. The number of likely N-dealkylation sites (tertiary alicyclic amines) is 1. The van der Waals surface area contributed by atoms with E-state index >= 15 is 0 Å². The zero-order valence-electron chi connectivity index (χ0n) is 16.3. The molecule has 3 aliphatic rings. The number of benzene rings is 1. The largest absolute Gasteiger partial charge is 0.488 e. The van der Waals surface area contributed by atoms with Crippen molar-refractivity contribution in [1.29, 1.82) is 0 Å². The molecule has 3 heterocycles. The molecule has 0 radical (unpaired) electrons. The molecule has 2 aromatic rings. The highest BCUT2D eigenvalue weighted by molar-refractivity contribution is 6.01. The van der Waals surface area contributed by atoms with Crippen LogP contribution in [0.1, 0.15) is 35.2 Å². The Balaban J connectivity index is 1.41. The number of aromatic nitrogens is 1. The topological polar surface area (TPSA) is 80.8 Å². The van der Waals surface area contributed by atoms with Gasteiger partial charge < -0.3 is 19.7 Å². The minimum absolute atomic E-state index is 0.0537. The van der Waals surface area contributed by atoms with E-state index in [2.05, 4.69) is 10.3 Å². The van der Waals surface area contributed by atoms with E-state index < -0.39 is 0 Å². The molecule has 2 fully saturated rings. The van der Waals surface area contributed by atoms with Gasteiger partial charge in [-0.3, -0.25) is 9.59 Å². The summed E-state index contributed by atoms with van der Waals surface area (Å²) >= 11 is 0. The number of carbonyl (C=O) groups is 2. The van der Waals surface area contributed by atoms with E-state index in [-0.39, 0.29) is 23.8 Å². The first-order valence-corrected chi connectivity index (χ1v) is 10.0. The SMILES string of the molecule is COc1ccc(-c2cc(O[C@@H]3CCN(C(=O)C4CC4)C3)cc3c2CNC3=O)cn1. The number of nitrogens with zero attached hydrogens (tertiary/aromatic N) is 2. The molecule has 0 bridgehead atoms. The Morgan fingerprint density at radius 3 is 2.76 bits per heavy atom. The smallest absolute Gasteiger partial charge is 0.252 e. The van der Waals surface area contributed by atoms with Gasteiger partial charge in [0.15, 0.2) is 0 Å². The molecule has 1 saturated carbocycles. The molecule has 5 rings (SSSR count). The monoisotopic (exact) mass is 393 g/mol. The van der Waals surface area contributed by atoms with Crippen LogP contribution in [-0.4, -0.2) is 48.0 Å². The molecule has 0 unspecified atom stereocenters. The van der Waals surface area contributed by atoms with Crippen LogP contribution in [0.25, 0.3) is 11.1 Å². The molecule has 0 spiro atoms. The minimum atomic E-state index is -0.0925. The number of nitrogens with one attached hydrogen (secondary N) is 1. The van der Waals surface area contributed by atoms with Crippen molar-refractivity contribution in [2.45, 2.75) is 31.9 Å². The molecule has 2 aliphatic heterocycles. The maximum atomic E-state index is 12.3. The lowest BCUT2D eigenvalue weighted by Crippen LogP contribution is -2.32. The fraction of sp³-hybridized carbons (Fsp3) is 0.409. The Kier molecular flexibility index (Phi) is 4.38. The van der Waals surface area contributed by atoms with Gasteiger partial charge in [-0.25, -0.2) is 4.98 Å². The number of hydrogen-bond acceptors (Lipinski definition) is 5. The average molecular weight is 393 g/mol. The molecule has 2 amide bonds. The number of rotatable bonds is 5. The molecule has 1 aromatic heterocycles. The number of hydrogen-bond donors (Lipinski definition) is 1. The first-order chi connectivity index (χ1) is 14.1. The number of fused-ring (bicyclic) bond motifs is 1. The van der Waals surface area contributed by atoms with Crippen LogP contribution in [0.5, 0.6) is 11.6 Å². The second kappa shape index (κ2) is 7.06. The van der Waals surface area contributed by atoms with Crippen LogP contribution in [0.3, 0.4) is 0 Å². The lowest BCUT2D eigenvalue weighted by atomic mass is 9.97. The first-order valence-electron chi connectivity index (χ1n) is 10.0. The van der Waals surface area contributed by atoms with Crippen molar-refractivity contribution in [3.63, 3.8) is 0 Å². The van der Waals surface area contributed by atoms with Crippen LogP contribution in [0.2, 0.25) is 0 Å². The third-order valence-electron chi connectivity index (χ3n) is 5.84. The normalized spacial score (nSPS) is 20.4. The summed E-state index contributed by atoms with van der Waals surface area (Å²) in [7, 11) is 1.58. The van der Waals surface area contributed by atoms with Gasteiger partial charge in [0.1, 0.15) is 11.9 Å². The fourth-order valence-electron chi connectivity index (χ4n) is 4.09. The van der Waals surface area contributed by atoms with Gasteiger partial charge in [0.25, 0.3) is 5.91 Å². The summed E-state index contributed by atoms with van der Waals surface area (Å²) in [6.07, 6.45) is 4.52. The highest BCUT2D eigenvalue weighted by Gasteiger charge is 2.37. The second-order valence-corrected chi connectivity index (χ2v) is 7.86. The van der Waals surface area contributed by atoms with Crippen LogP contribution in [-0.2, 0) is 11.3 Å². The molecule has 7 heteroatoms. The molecule has 1 N–H and O–H groups in total. The van der Waals surface area contributed by atoms with E-state index in [0.29, 0.717) is 30.3 Å². The van der Waals surface area contributed by atoms with E-state index in [1.807, 2.05) is 23.1 Å². The molecule has 7 nitrogen and oxygen atoms in total. The molecular formula is C22H23N3O4. The Morgan fingerprint density at radius 2 is 2.03 bits per heavy atom. The summed E-state index contributed by atoms with van der Waals surface area (Å²) < 4.78 is 11.4. The lowest BCUT2D eigenvalue weighted by molar-refractivity contribution is -0.131. The number of methoxy groups -OCH3 is 1. The van der Waals surface area contributed by atoms with Crippen LogP contribution >= 0.6 is 0 Å². The summed E-state index contributed by atoms with van der Waals surface area (Å²) in [5.74, 6) is 1.59. The molecule has 1 saturated heterocycles. The van der Waals surface area contributed by atoms with Gasteiger partial charge in [-0.15, -0.1) is 0 Å². The summed E-state index contributed by atoms with van der Waals surface area (Å²) in [5, 5.41) is 2.89. The maximum absolute atomic E-state index is 12.3. The Bertz CT molecular complexity index is 969. The van der Waals surface area contributed by atoms with Crippen molar-refractivity contribution >= 4 is 11.8 Å². The summed E-state index contributed by atoms with van der Waals surface area (Å²) in [6, 6.07) is 7.51. The van der Waals surface area contributed by atoms with E-state index in [0.717, 1.165) is 42.5 Å². The molecule has 1 atom stereocenters. The third kappa shape index (κ3) is 3.41. The van der Waals surface area contributed by atoms with Crippen molar-refractivity contribution in [3.05, 3.63) is 41.6 Å². The van der Waals surface area contributed by atoms with Crippen LogP contribution < -0.4 is 14.8 Å². The molecule has 1 aliphatic carbocycles. The Hall–Kier alpha value is -3.09. The minimum Gasteiger partial charge on any atom is -0.488 e. The zero-order chi connectivity index (χ0) is 20.0. The van der Waals surface area contributed by atoms with Crippen molar-refractivity contribution < 1.29 is 19.1 Å². The van der Waals surface area contributed by atoms with E-state index in [1.54, 1.807) is 19.4 Å². The first kappa shape index (κ1) is 18.0. The average Bonchev–Trinajstić information content (AvgIpc) is 3.39. The second-order valence-electron chi connectivity index (χ2n) is 7.86. The summed E-state index contributed by atoms with van der Waals surface area (Å²) in [6.45, 7) is 1.83. The molecule has 29 heavy (non-hydrogen) atoms. The van der Waals surface area contributed by atoms with E-state index in [9.17, 15) is 9.59 Å². The fourth-order valence-corrected chi connectivity index (χ4v) is 4.09. The predicted molar refractivity (Wildman–Crippen MR) is 106 cm³/mol. The van der Waals surface area contributed by atoms with Gasteiger partial charge in [-0.1, -0.05) is 0 Å².